The smallest absolute Gasteiger partial charge is 0.198 e. The predicted molar refractivity (Wildman–Crippen MR) is 84.4 cm³/mol. The van der Waals surface area contributed by atoms with Gasteiger partial charge in [-0.05, 0) is 43.4 Å². The van der Waals surface area contributed by atoms with E-state index in [1.807, 2.05) is 24.3 Å². The van der Waals surface area contributed by atoms with Crippen molar-refractivity contribution in [1.82, 2.24) is 15.3 Å². The maximum Gasteiger partial charge on any atom is 0.198 e. The Balaban J connectivity index is 2.00. The molecule has 3 N–H and O–H groups in total. The van der Waals surface area contributed by atoms with Gasteiger partial charge in [0.2, 0.25) is 0 Å². The number of hydrogen-bond acceptors (Lipinski definition) is 4. The molecule has 0 unspecified atom stereocenters. The van der Waals surface area contributed by atoms with Crippen molar-refractivity contribution >= 4 is 35.3 Å². The van der Waals surface area contributed by atoms with Crippen LogP contribution in [0.1, 0.15) is 11.3 Å². The number of aromatic nitrogens is 2. The molecule has 0 fully saturated rings. The van der Waals surface area contributed by atoms with E-state index < -0.39 is 0 Å². The van der Waals surface area contributed by atoms with E-state index in [9.17, 15) is 0 Å². The van der Waals surface area contributed by atoms with E-state index in [-0.39, 0.29) is 0 Å². The summed E-state index contributed by atoms with van der Waals surface area (Å²) in [6, 6.07) is 7.61. The number of aromatic amines is 1. The number of rotatable bonds is 2. The molecule has 0 amide bonds. The van der Waals surface area contributed by atoms with Gasteiger partial charge in [-0.3, -0.25) is 0 Å². The highest BCUT2D eigenvalue weighted by molar-refractivity contribution is 7.71. The quantitative estimate of drug-likeness (QED) is 0.746. The van der Waals surface area contributed by atoms with E-state index in [0.717, 1.165) is 37.4 Å². The topological polar surface area (TPSA) is 52.7 Å². The van der Waals surface area contributed by atoms with Gasteiger partial charge in [0.25, 0.3) is 0 Å². The normalized spacial score (nSPS) is 14.4. The molecule has 0 spiro atoms. The summed E-state index contributed by atoms with van der Waals surface area (Å²) < 4.78 is 0.509. The zero-order valence-corrected chi connectivity index (χ0v) is 12.4. The molecule has 0 bridgehead atoms. The van der Waals surface area contributed by atoms with Crippen LogP contribution >= 0.6 is 23.8 Å². The van der Waals surface area contributed by atoms with Crippen LogP contribution in [0.4, 0.5) is 11.5 Å². The van der Waals surface area contributed by atoms with Gasteiger partial charge in [0, 0.05) is 34.9 Å². The highest BCUT2D eigenvalue weighted by Gasteiger charge is 2.14. The summed E-state index contributed by atoms with van der Waals surface area (Å²) in [7, 11) is 0. The van der Waals surface area contributed by atoms with Gasteiger partial charge in [-0.1, -0.05) is 17.7 Å². The van der Waals surface area contributed by atoms with Gasteiger partial charge < -0.3 is 15.6 Å². The first-order chi connectivity index (χ1) is 9.72. The summed E-state index contributed by atoms with van der Waals surface area (Å²) in [5.41, 5.74) is 3.29. The van der Waals surface area contributed by atoms with Crippen molar-refractivity contribution in [2.24, 2.45) is 0 Å². The molecule has 20 heavy (non-hydrogen) atoms. The molecule has 1 aliphatic rings. The standard InChI is InChI=1S/C14H15ClN4S/c15-9-2-1-3-10(8-9)17-13-11-4-6-16-7-5-12(11)18-14(20)19-13/h1-3,8,16H,4-7H2,(H2,17,18,19,20). The number of hydrogen-bond donors (Lipinski definition) is 3. The molecule has 1 aliphatic heterocycles. The van der Waals surface area contributed by atoms with E-state index in [4.69, 9.17) is 23.8 Å². The number of nitrogens with one attached hydrogen (secondary N) is 3. The van der Waals surface area contributed by atoms with Gasteiger partial charge in [0.15, 0.2) is 4.77 Å². The van der Waals surface area contributed by atoms with Crippen LogP contribution in [-0.4, -0.2) is 23.1 Å². The molecule has 6 heteroatoms. The number of benzene rings is 1. The number of H-pyrrole nitrogens is 1. The minimum Gasteiger partial charge on any atom is -0.340 e. The summed E-state index contributed by atoms with van der Waals surface area (Å²) >= 11 is 11.2. The average Bonchev–Trinajstić information content (AvgIpc) is 2.64. The Kier molecular flexibility index (Phi) is 4.00. The van der Waals surface area contributed by atoms with Crippen molar-refractivity contribution in [3.63, 3.8) is 0 Å². The molecule has 1 aromatic heterocycles. The zero-order chi connectivity index (χ0) is 13.9. The molecule has 2 aromatic rings. The van der Waals surface area contributed by atoms with Gasteiger partial charge in [-0.15, -0.1) is 0 Å². The Labute approximate surface area is 127 Å². The largest absolute Gasteiger partial charge is 0.340 e. The molecule has 0 saturated heterocycles. The van der Waals surface area contributed by atoms with Crippen LogP contribution in [0.3, 0.4) is 0 Å². The highest BCUT2D eigenvalue weighted by Crippen LogP contribution is 2.24. The van der Waals surface area contributed by atoms with Crippen molar-refractivity contribution in [2.45, 2.75) is 12.8 Å². The lowest BCUT2D eigenvalue weighted by Crippen LogP contribution is -2.16. The predicted octanol–water partition coefficient (Wildman–Crippen LogP) is 3.22. The molecular weight excluding hydrogens is 292 g/mol. The molecule has 0 radical (unpaired) electrons. The SMILES string of the molecule is S=c1nc(Nc2cccc(Cl)c2)c2c([nH]1)CCNCC2. The summed E-state index contributed by atoms with van der Waals surface area (Å²) in [5, 5.41) is 7.41. The summed E-state index contributed by atoms with van der Waals surface area (Å²) in [6.45, 7) is 1.91. The van der Waals surface area contributed by atoms with Crippen molar-refractivity contribution in [3.05, 3.63) is 45.3 Å². The van der Waals surface area contributed by atoms with Gasteiger partial charge in [0.1, 0.15) is 5.82 Å². The van der Waals surface area contributed by atoms with Crippen molar-refractivity contribution in [3.8, 4) is 0 Å². The van der Waals surface area contributed by atoms with Gasteiger partial charge >= 0.3 is 0 Å². The van der Waals surface area contributed by atoms with E-state index in [0.29, 0.717) is 9.79 Å². The molecule has 3 rings (SSSR count). The lowest BCUT2D eigenvalue weighted by atomic mass is 10.1. The third-order valence-corrected chi connectivity index (χ3v) is 3.74. The molecule has 1 aromatic carbocycles. The minimum absolute atomic E-state index is 0.509. The Bertz CT molecular complexity index is 683. The van der Waals surface area contributed by atoms with Gasteiger partial charge in [-0.2, -0.15) is 0 Å². The van der Waals surface area contributed by atoms with Crippen LogP contribution < -0.4 is 10.6 Å². The average molecular weight is 307 g/mol. The van der Waals surface area contributed by atoms with Crippen LogP contribution in [-0.2, 0) is 12.8 Å². The van der Waals surface area contributed by atoms with E-state index in [2.05, 4.69) is 20.6 Å². The molecular formula is C14H15ClN4S. The summed E-state index contributed by atoms with van der Waals surface area (Å²) in [5.74, 6) is 0.828. The molecule has 4 nitrogen and oxygen atoms in total. The second kappa shape index (κ2) is 5.91. The fraction of sp³-hybridized carbons (Fsp3) is 0.286. The lowest BCUT2D eigenvalue weighted by Gasteiger charge is -2.13. The Morgan fingerprint density at radius 3 is 2.95 bits per heavy atom. The van der Waals surface area contributed by atoms with Crippen molar-refractivity contribution in [2.75, 3.05) is 18.4 Å². The third-order valence-electron chi connectivity index (χ3n) is 3.31. The summed E-state index contributed by atoms with van der Waals surface area (Å²) in [4.78, 5) is 7.63. The number of fused-ring (bicyclic) bond motifs is 1. The van der Waals surface area contributed by atoms with Crippen LogP contribution in [0.25, 0.3) is 0 Å². The van der Waals surface area contributed by atoms with Crippen LogP contribution in [0.15, 0.2) is 24.3 Å². The van der Waals surface area contributed by atoms with Gasteiger partial charge in [0.05, 0.1) is 0 Å². The number of nitrogens with zero attached hydrogens (tertiary/aromatic N) is 1. The summed E-state index contributed by atoms with van der Waals surface area (Å²) in [6.07, 6.45) is 1.86. The van der Waals surface area contributed by atoms with E-state index >= 15 is 0 Å². The maximum atomic E-state index is 6.01. The maximum absolute atomic E-state index is 6.01. The molecule has 2 heterocycles. The first-order valence-electron chi connectivity index (χ1n) is 6.58. The zero-order valence-electron chi connectivity index (χ0n) is 10.9. The second-order valence-electron chi connectivity index (χ2n) is 4.73. The molecule has 104 valence electrons. The van der Waals surface area contributed by atoms with Crippen LogP contribution in [0.2, 0.25) is 5.02 Å². The fourth-order valence-electron chi connectivity index (χ4n) is 2.39. The highest BCUT2D eigenvalue weighted by atomic mass is 35.5. The fourth-order valence-corrected chi connectivity index (χ4v) is 2.79. The van der Waals surface area contributed by atoms with E-state index in [1.54, 1.807) is 0 Å². The monoisotopic (exact) mass is 306 g/mol. The molecule has 0 saturated carbocycles. The van der Waals surface area contributed by atoms with Gasteiger partial charge in [-0.25, -0.2) is 4.98 Å². The van der Waals surface area contributed by atoms with Crippen LogP contribution in [0.5, 0.6) is 0 Å². The Morgan fingerprint density at radius 2 is 2.10 bits per heavy atom. The first-order valence-corrected chi connectivity index (χ1v) is 7.36. The third kappa shape index (κ3) is 3.00. The second-order valence-corrected chi connectivity index (χ2v) is 5.56. The Hall–Kier alpha value is -1.43. The Morgan fingerprint density at radius 1 is 1.25 bits per heavy atom. The number of anilines is 2. The minimum atomic E-state index is 0.509. The molecule has 0 atom stereocenters. The number of halogens is 1. The molecule has 0 aliphatic carbocycles. The van der Waals surface area contributed by atoms with Crippen molar-refractivity contribution in [1.29, 1.82) is 0 Å². The first kappa shape index (κ1) is 13.5. The van der Waals surface area contributed by atoms with Crippen LogP contribution in [0, 0.1) is 4.77 Å². The van der Waals surface area contributed by atoms with Crippen molar-refractivity contribution < 1.29 is 0 Å². The lowest BCUT2D eigenvalue weighted by molar-refractivity contribution is 0.708. The van der Waals surface area contributed by atoms with E-state index in [1.165, 1.54) is 11.3 Å².